The van der Waals surface area contributed by atoms with Crippen molar-refractivity contribution in [1.82, 2.24) is 9.55 Å². The van der Waals surface area contributed by atoms with Crippen LogP contribution in [0.4, 0.5) is 0 Å². The van der Waals surface area contributed by atoms with E-state index in [9.17, 15) is 0 Å². The second-order valence-corrected chi connectivity index (χ2v) is 6.11. The van der Waals surface area contributed by atoms with Gasteiger partial charge in [-0.05, 0) is 24.3 Å². The van der Waals surface area contributed by atoms with Crippen LogP contribution in [-0.2, 0) is 0 Å². The van der Waals surface area contributed by atoms with Crippen LogP contribution in [-0.4, -0.2) is 9.55 Å². The Bertz CT molecular complexity index is 1170. The summed E-state index contributed by atoms with van der Waals surface area (Å²) in [4.78, 5) is 4.74. The van der Waals surface area contributed by atoms with E-state index in [2.05, 4.69) is 83.4 Å². The van der Waals surface area contributed by atoms with E-state index in [0.29, 0.717) is 0 Å². The van der Waals surface area contributed by atoms with Gasteiger partial charge < -0.3 is 4.57 Å². The fraction of sp³-hybridized carbons (Fsp3) is 0. The number of rotatable bonds is 2. The Morgan fingerprint density at radius 2 is 1.28 bits per heavy atom. The summed E-state index contributed by atoms with van der Waals surface area (Å²) in [5.74, 6) is 0. The first-order valence-corrected chi connectivity index (χ1v) is 8.42. The first kappa shape index (κ1) is 14.0. The van der Waals surface area contributed by atoms with Crippen molar-refractivity contribution >= 4 is 21.8 Å². The van der Waals surface area contributed by atoms with E-state index in [-0.39, 0.29) is 0 Å². The molecule has 2 heterocycles. The smallest absolute Gasteiger partial charge is 0.0948 e. The summed E-state index contributed by atoms with van der Waals surface area (Å²) in [6.07, 6.45) is 1.91. The molecule has 0 radical (unpaired) electrons. The fourth-order valence-electron chi connectivity index (χ4n) is 3.57. The van der Waals surface area contributed by atoms with Gasteiger partial charge >= 0.3 is 0 Å². The summed E-state index contributed by atoms with van der Waals surface area (Å²) in [5.41, 5.74) is 5.65. The van der Waals surface area contributed by atoms with Crippen molar-refractivity contribution in [2.75, 3.05) is 0 Å². The molecular formula is C23H16N2. The van der Waals surface area contributed by atoms with Crippen LogP contribution < -0.4 is 0 Å². The minimum absolute atomic E-state index is 1.01. The minimum atomic E-state index is 1.01. The first-order chi connectivity index (χ1) is 12.4. The van der Waals surface area contributed by atoms with Crippen LogP contribution in [0.5, 0.6) is 0 Å². The number of benzene rings is 3. The number of fused-ring (bicyclic) bond motifs is 3. The Hall–Kier alpha value is -3.39. The molecule has 0 aliphatic heterocycles. The van der Waals surface area contributed by atoms with Gasteiger partial charge in [0.2, 0.25) is 0 Å². The Labute approximate surface area is 146 Å². The Morgan fingerprint density at radius 1 is 0.600 bits per heavy atom. The van der Waals surface area contributed by atoms with Crippen molar-refractivity contribution in [2.24, 2.45) is 0 Å². The Balaban J connectivity index is 1.99. The zero-order valence-corrected chi connectivity index (χ0v) is 13.6. The molecule has 0 N–H and O–H groups in total. The lowest BCUT2D eigenvalue weighted by molar-refractivity contribution is 1.17. The number of pyridine rings is 1. The zero-order valence-electron chi connectivity index (χ0n) is 13.6. The first-order valence-electron chi connectivity index (χ1n) is 8.42. The van der Waals surface area contributed by atoms with Gasteiger partial charge in [0.25, 0.3) is 0 Å². The van der Waals surface area contributed by atoms with Gasteiger partial charge in [0.15, 0.2) is 0 Å². The highest BCUT2D eigenvalue weighted by Gasteiger charge is 2.16. The minimum Gasteiger partial charge on any atom is -0.307 e. The highest BCUT2D eigenvalue weighted by molar-refractivity contribution is 6.12. The van der Waals surface area contributed by atoms with Crippen LogP contribution in [0.15, 0.2) is 97.2 Å². The quantitative estimate of drug-likeness (QED) is 0.399. The Morgan fingerprint density at radius 3 is 2.08 bits per heavy atom. The summed E-state index contributed by atoms with van der Waals surface area (Å²) in [7, 11) is 0. The van der Waals surface area contributed by atoms with Crippen LogP contribution >= 0.6 is 0 Å². The lowest BCUT2D eigenvalue weighted by Crippen LogP contribution is -1.96. The van der Waals surface area contributed by atoms with Crippen molar-refractivity contribution in [3.8, 4) is 16.9 Å². The van der Waals surface area contributed by atoms with Crippen molar-refractivity contribution < 1.29 is 0 Å². The number of hydrogen-bond donors (Lipinski definition) is 0. The van der Waals surface area contributed by atoms with E-state index in [1.54, 1.807) is 0 Å². The Kier molecular flexibility index (Phi) is 3.14. The number of aromatic nitrogens is 2. The summed E-state index contributed by atoms with van der Waals surface area (Å²) < 4.78 is 2.32. The van der Waals surface area contributed by atoms with Gasteiger partial charge in [0, 0.05) is 28.2 Å². The lowest BCUT2D eigenvalue weighted by Gasteiger charge is -2.10. The molecule has 0 amide bonds. The van der Waals surface area contributed by atoms with Crippen molar-refractivity contribution in [3.63, 3.8) is 0 Å². The van der Waals surface area contributed by atoms with E-state index in [0.717, 1.165) is 22.5 Å². The van der Waals surface area contributed by atoms with Crippen LogP contribution in [0.3, 0.4) is 0 Å². The third-order valence-electron chi connectivity index (χ3n) is 4.64. The fourth-order valence-corrected chi connectivity index (χ4v) is 3.57. The molecule has 118 valence electrons. The van der Waals surface area contributed by atoms with Crippen LogP contribution in [0, 0.1) is 0 Å². The molecule has 25 heavy (non-hydrogen) atoms. The maximum atomic E-state index is 4.74. The van der Waals surface area contributed by atoms with Crippen molar-refractivity contribution in [1.29, 1.82) is 0 Å². The molecule has 2 aromatic heterocycles. The molecule has 0 aliphatic carbocycles. The summed E-state index contributed by atoms with van der Waals surface area (Å²) >= 11 is 0. The normalized spacial score (nSPS) is 11.2. The molecule has 2 nitrogen and oxygen atoms in total. The van der Waals surface area contributed by atoms with E-state index in [1.165, 1.54) is 16.3 Å². The number of hydrogen-bond acceptors (Lipinski definition) is 1. The van der Waals surface area contributed by atoms with E-state index >= 15 is 0 Å². The molecule has 0 atom stereocenters. The average Bonchev–Trinajstić information content (AvgIpc) is 3.04. The molecule has 0 spiro atoms. The summed E-state index contributed by atoms with van der Waals surface area (Å²) in [6.45, 7) is 0. The molecular weight excluding hydrogens is 304 g/mol. The van der Waals surface area contributed by atoms with E-state index in [4.69, 9.17) is 4.98 Å². The molecule has 0 bridgehead atoms. The predicted molar refractivity (Wildman–Crippen MR) is 104 cm³/mol. The molecule has 3 aromatic carbocycles. The second-order valence-electron chi connectivity index (χ2n) is 6.11. The van der Waals surface area contributed by atoms with Gasteiger partial charge in [-0.2, -0.15) is 0 Å². The van der Waals surface area contributed by atoms with Gasteiger partial charge in [0.1, 0.15) is 0 Å². The van der Waals surface area contributed by atoms with E-state index < -0.39 is 0 Å². The highest BCUT2D eigenvalue weighted by atomic mass is 15.0. The third kappa shape index (κ3) is 2.15. The molecule has 0 aliphatic rings. The maximum Gasteiger partial charge on any atom is 0.0948 e. The van der Waals surface area contributed by atoms with Gasteiger partial charge in [-0.15, -0.1) is 0 Å². The van der Waals surface area contributed by atoms with Crippen LogP contribution in [0.25, 0.3) is 38.8 Å². The largest absolute Gasteiger partial charge is 0.307 e. The number of nitrogens with zero attached hydrogens (tertiary/aromatic N) is 2. The van der Waals surface area contributed by atoms with Gasteiger partial charge in [-0.1, -0.05) is 66.7 Å². The van der Waals surface area contributed by atoms with Gasteiger partial charge in [-0.25, -0.2) is 0 Å². The van der Waals surface area contributed by atoms with Crippen molar-refractivity contribution in [2.45, 2.75) is 0 Å². The molecule has 0 unspecified atom stereocenters. The standard InChI is InChI=1S/C23H16N2/c1-3-9-17(10-4-1)22-23-20(15-16-24-22)19-13-7-8-14-21(19)25(23)18-11-5-2-6-12-18/h1-16H. The molecule has 0 saturated carbocycles. The molecule has 0 fully saturated rings. The summed E-state index contributed by atoms with van der Waals surface area (Å²) in [6, 6.07) is 31.6. The summed E-state index contributed by atoms with van der Waals surface area (Å²) in [5, 5.41) is 2.48. The molecule has 5 rings (SSSR count). The zero-order chi connectivity index (χ0) is 16.6. The highest BCUT2D eigenvalue weighted by Crippen LogP contribution is 2.36. The maximum absolute atomic E-state index is 4.74. The number of para-hydroxylation sites is 2. The predicted octanol–water partition coefficient (Wildman–Crippen LogP) is 5.85. The third-order valence-corrected chi connectivity index (χ3v) is 4.64. The SMILES string of the molecule is c1ccc(-c2nccc3c4ccccc4n(-c4ccccc4)c23)cc1. The van der Waals surface area contributed by atoms with E-state index in [1.807, 2.05) is 18.3 Å². The topological polar surface area (TPSA) is 17.8 Å². The lowest BCUT2D eigenvalue weighted by atomic mass is 10.1. The monoisotopic (exact) mass is 320 g/mol. The average molecular weight is 320 g/mol. The van der Waals surface area contributed by atoms with Crippen LogP contribution in [0.2, 0.25) is 0 Å². The van der Waals surface area contributed by atoms with Crippen molar-refractivity contribution in [3.05, 3.63) is 97.2 Å². The second kappa shape index (κ2) is 5.60. The molecule has 0 saturated heterocycles. The van der Waals surface area contributed by atoms with Gasteiger partial charge in [0.05, 0.1) is 16.7 Å². The molecule has 2 heteroatoms. The van der Waals surface area contributed by atoms with Crippen LogP contribution in [0.1, 0.15) is 0 Å². The molecule has 5 aromatic rings. The van der Waals surface area contributed by atoms with Gasteiger partial charge in [-0.3, -0.25) is 4.98 Å².